The lowest BCUT2D eigenvalue weighted by molar-refractivity contribution is -0.126. The topological polar surface area (TPSA) is 58.6 Å². The standard InChI is InChI=1S/C15H18N2O3S2/c1-3-12-14(19)17(15(21)22-12)9-8-13(18)16-10-6-4-5-7-11(10)20-2/h4-7,12H,3,8-9H2,1-2H3,(H,16,18). The Morgan fingerprint density at radius 3 is 2.82 bits per heavy atom. The molecule has 1 atom stereocenters. The van der Waals surface area contributed by atoms with E-state index in [1.807, 2.05) is 19.1 Å². The molecule has 1 fully saturated rings. The molecule has 1 unspecified atom stereocenters. The van der Waals surface area contributed by atoms with E-state index >= 15 is 0 Å². The number of benzene rings is 1. The molecular weight excluding hydrogens is 320 g/mol. The van der Waals surface area contributed by atoms with Gasteiger partial charge in [0.15, 0.2) is 0 Å². The van der Waals surface area contributed by atoms with E-state index < -0.39 is 0 Å². The number of methoxy groups -OCH3 is 1. The number of hydrogen-bond acceptors (Lipinski definition) is 5. The Labute approximate surface area is 139 Å². The molecule has 1 aromatic carbocycles. The molecule has 1 aliphatic rings. The quantitative estimate of drug-likeness (QED) is 0.808. The van der Waals surface area contributed by atoms with Crippen LogP contribution in [-0.4, -0.2) is 39.9 Å². The predicted molar refractivity (Wildman–Crippen MR) is 92.2 cm³/mol. The fraction of sp³-hybridized carbons (Fsp3) is 0.400. The molecule has 1 aliphatic heterocycles. The first-order chi connectivity index (χ1) is 10.6. The van der Waals surface area contributed by atoms with Gasteiger partial charge in [-0.3, -0.25) is 14.5 Å². The number of thiocarbonyl (C=S) groups is 1. The highest BCUT2D eigenvalue weighted by Gasteiger charge is 2.35. The number of hydrogen-bond donors (Lipinski definition) is 1. The number of nitrogens with zero attached hydrogens (tertiary/aromatic N) is 1. The van der Waals surface area contributed by atoms with Crippen molar-refractivity contribution in [3.8, 4) is 5.75 Å². The number of para-hydroxylation sites is 2. The Bertz CT molecular complexity index is 592. The average molecular weight is 338 g/mol. The minimum atomic E-state index is -0.176. The third kappa shape index (κ3) is 3.78. The van der Waals surface area contributed by atoms with Crippen molar-refractivity contribution in [2.75, 3.05) is 19.0 Å². The summed E-state index contributed by atoms with van der Waals surface area (Å²) in [5.74, 6) is 0.429. The first-order valence-corrected chi connectivity index (χ1v) is 8.30. The Morgan fingerprint density at radius 1 is 1.45 bits per heavy atom. The summed E-state index contributed by atoms with van der Waals surface area (Å²) in [6, 6.07) is 7.19. The Kier molecular flexibility index (Phi) is 5.79. The third-order valence-corrected chi connectivity index (χ3v) is 5.07. The van der Waals surface area contributed by atoms with Gasteiger partial charge in [-0.2, -0.15) is 0 Å². The molecule has 0 bridgehead atoms. The van der Waals surface area contributed by atoms with Crippen molar-refractivity contribution < 1.29 is 14.3 Å². The van der Waals surface area contributed by atoms with Gasteiger partial charge in [-0.1, -0.05) is 43.0 Å². The zero-order chi connectivity index (χ0) is 16.1. The molecule has 118 valence electrons. The van der Waals surface area contributed by atoms with E-state index in [4.69, 9.17) is 17.0 Å². The van der Waals surface area contributed by atoms with E-state index in [0.717, 1.165) is 6.42 Å². The summed E-state index contributed by atoms with van der Waals surface area (Å²) >= 11 is 6.60. The number of amides is 2. The molecule has 2 rings (SSSR count). The largest absolute Gasteiger partial charge is 0.495 e. The summed E-state index contributed by atoms with van der Waals surface area (Å²) in [5.41, 5.74) is 0.617. The number of carbonyl (C=O) groups excluding carboxylic acids is 2. The van der Waals surface area contributed by atoms with Crippen LogP contribution < -0.4 is 10.1 Å². The SMILES string of the molecule is CCC1SC(=S)N(CCC(=O)Nc2ccccc2OC)C1=O. The summed E-state index contributed by atoms with van der Waals surface area (Å²) < 4.78 is 5.74. The van der Waals surface area contributed by atoms with Crippen LogP contribution >= 0.6 is 24.0 Å². The summed E-state index contributed by atoms with van der Waals surface area (Å²) in [7, 11) is 1.55. The number of thioether (sulfide) groups is 1. The van der Waals surface area contributed by atoms with Crippen LogP contribution in [0.15, 0.2) is 24.3 Å². The van der Waals surface area contributed by atoms with E-state index in [9.17, 15) is 9.59 Å². The highest BCUT2D eigenvalue weighted by Crippen LogP contribution is 2.29. The van der Waals surface area contributed by atoms with Crippen LogP contribution in [0, 0.1) is 0 Å². The average Bonchev–Trinajstić information content (AvgIpc) is 2.80. The van der Waals surface area contributed by atoms with Crippen LogP contribution in [0.2, 0.25) is 0 Å². The number of carbonyl (C=O) groups is 2. The monoisotopic (exact) mass is 338 g/mol. The van der Waals surface area contributed by atoms with Crippen LogP contribution in [0.5, 0.6) is 5.75 Å². The van der Waals surface area contributed by atoms with Crippen LogP contribution in [0.4, 0.5) is 5.69 Å². The van der Waals surface area contributed by atoms with E-state index in [1.54, 1.807) is 19.2 Å². The molecule has 0 spiro atoms. The van der Waals surface area contributed by atoms with Crippen molar-refractivity contribution >= 4 is 45.8 Å². The van der Waals surface area contributed by atoms with Gasteiger partial charge in [0, 0.05) is 13.0 Å². The van der Waals surface area contributed by atoms with Crippen LogP contribution in [0.1, 0.15) is 19.8 Å². The first-order valence-electron chi connectivity index (χ1n) is 7.01. The second kappa shape index (κ2) is 7.60. The molecule has 22 heavy (non-hydrogen) atoms. The minimum absolute atomic E-state index is 0.00240. The first kappa shape index (κ1) is 16.8. The van der Waals surface area contributed by atoms with Crippen molar-refractivity contribution in [1.29, 1.82) is 0 Å². The van der Waals surface area contributed by atoms with Gasteiger partial charge in [-0.15, -0.1) is 0 Å². The normalized spacial score (nSPS) is 17.7. The molecule has 5 nitrogen and oxygen atoms in total. The zero-order valence-corrected chi connectivity index (χ0v) is 14.1. The predicted octanol–water partition coefficient (Wildman–Crippen LogP) is 2.66. The Hall–Kier alpha value is -1.60. The Morgan fingerprint density at radius 2 is 2.18 bits per heavy atom. The van der Waals surface area contributed by atoms with E-state index in [1.165, 1.54) is 16.7 Å². The zero-order valence-electron chi connectivity index (χ0n) is 12.5. The molecule has 0 aromatic heterocycles. The molecule has 0 saturated carbocycles. The van der Waals surface area contributed by atoms with Crippen LogP contribution in [-0.2, 0) is 9.59 Å². The number of rotatable bonds is 6. The second-order valence-electron chi connectivity index (χ2n) is 4.77. The lowest BCUT2D eigenvalue weighted by Gasteiger charge is -2.15. The number of ether oxygens (including phenoxy) is 1. The fourth-order valence-electron chi connectivity index (χ4n) is 2.13. The van der Waals surface area contributed by atoms with Gasteiger partial charge < -0.3 is 10.1 Å². The fourth-order valence-corrected chi connectivity index (χ4v) is 3.61. The van der Waals surface area contributed by atoms with Gasteiger partial charge in [-0.05, 0) is 18.6 Å². The summed E-state index contributed by atoms with van der Waals surface area (Å²) in [6.07, 6.45) is 0.939. The van der Waals surface area contributed by atoms with Gasteiger partial charge in [0.1, 0.15) is 10.1 Å². The van der Waals surface area contributed by atoms with Gasteiger partial charge in [0.2, 0.25) is 11.8 Å². The molecular formula is C15H18N2O3S2. The minimum Gasteiger partial charge on any atom is -0.495 e. The maximum Gasteiger partial charge on any atom is 0.241 e. The lowest BCUT2D eigenvalue weighted by Crippen LogP contribution is -2.34. The van der Waals surface area contributed by atoms with Crippen molar-refractivity contribution in [2.24, 2.45) is 0 Å². The van der Waals surface area contributed by atoms with Gasteiger partial charge in [0.25, 0.3) is 0 Å². The van der Waals surface area contributed by atoms with Crippen LogP contribution in [0.25, 0.3) is 0 Å². The molecule has 1 heterocycles. The van der Waals surface area contributed by atoms with Crippen molar-refractivity contribution in [3.05, 3.63) is 24.3 Å². The molecule has 0 radical (unpaired) electrons. The van der Waals surface area contributed by atoms with Crippen molar-refractivity contribution in [2.45, 2.75) is 25.0 Å². The maximum absolute atomic E-state index is 12.1. The lowest BCUT2D eigenvalue weighted by atomic mass is 10.2. The van der Waals surface area contributed by atoms with E-state index in [0.29, 0.717) is 22.3 Å². The molecule has 1 aromatic rings. The van der Waals surface area contributed by atoms with Gasteiger partial charge in [-0.25, -0.2) is 0 Å². The number of nitrogens with one attached hydrogen (secondary N) is 1. The summed E-state index contributed by atoms with van der Waals surface area (Å²) in [5, 5.41) is 2.68. The van der Waals surface area contributed by atoms with Gasteiger partial charge >= 0.3 is 0 Å². The smallest absolute Gasteiger partial charge is 0.241 e. The van der Waals surface area contributed by atoms with Gasteiger partial charge in [0.05, 0.1) is 18.0 Å². The third-order valence-electron chi connectivity index (χ3n) is 3.32. The molecule has 2 amide bonds. The van der Waals surface area contributed by atoms with E-state index in [2.05, 4.69) is 5.32 Å². The molecule has 1 N–H and O–H groups in total. The summed E-state index contributed by atoms with van der Waals surface area (Å²) in [4.78, 5) is 25.7. The highest BCUT2D eigenvalue weighted by atomic mass is 32.2. The molecule has 1 saturated heterocycles. The molecule has 7 heteroatoms. The highest BCUT2D eigenvalue weighted by molar-refractivity contribution is 8.24. The second-order valence-corrected chi connectivity index (χ2v) is 6.61. The summed E-state index contributed by atoms with van der Waals surface area (Å²) in [6.45, 7) is 2.26. The maximum atomic E-state index is 12.1. The molecule has 0 aliphatic carbocycles. The van der Waals surface area contributed by atoms with Crippen molar-refractivity contribution in [3.63, 3.8) is 0 Å². The van der Waals surface area contributed by atoms with Crippen LogP contribution in [0.3, 0.4) is 0 Å². The van der Waals surface area contributed by atoms with E-state index in [-0.39, 0.29) is 23.5 Å². The Balaban J connectivity index is 1.91. The number of anilines is 1. The van der Waals surface area contributed by atoms with Crippen molar-refractivity contribution in [1.82, 2.24) is 4.90 Å².